The number of anilines is 2. The molecule has 0 atom stereocenters. The molecule has 0 spiro atoms. The van der Waals surface area contributed by atoms with Crippen molar-refractivity contribution in [1.29, 1.82) is 0 Å². The van der Waals surface area contributed by atoms with E-state index in [9.17, 15) is 4.79 Å². The SMILES string of the molecule is CC1(CNC(=O)c2sc(N3CCCC3)nc2N)CCC1. The second-order valence-electron chi connectivity index (χ2n) is 6.25. The summed E-state index contributed by atoms with van der Waals surface area (Å²) in [6.45, 7) is 5.00. The van der Waals surface area contributed by atoms with Crippen LogP contribution in [0.1, 0.15) is 48.7 Å². The Labute approximate surface area is 123 Å². The molecular formula is C14H22N4OS. The van der Waals surface area contributed by atoms with Crippen molar-refractivity contribution in [3.63, 3.8) is 0 Å². The van der Waals surface area contributed by atoms with Gasteiger partial charge in [-0.05, 0) is 31.1 Å². The molecule has 2 aliphatic rings. The highest BCUT2D eigenvalue weighted by molar-refractivity contribution is 7.18. The smallest absolute Gasteiger partial charge is 0.265 e. The summed E-state index contributed by atoms with van der Waals surface area (Å²) in [5, 5.41) is 3.91. The number of hydrogen-bond acceptors (Lipinski definition) is 5. The average Bonchev–Trinajstić information content (AvgIpc) is 3.02. The van der Waals surface area contributed by atoms with Crippen LogP contribution < -0.4 is 16.0 Å². The van der Waals surface area contributed by atoms with Crippen molar-refractivity contribution in [2.45, 2.75) is 39.0 Å². The van der Waals surface area contributed by atoms with Crippen LogP contribution in [-0.4, -0.2) is 30.5 Å². The van der Waals surface area contributed by atoms with Crippen LogP contribution >= 0.6 is 11.3 Å². The molecule has 2 heterocycles. The zero-order chi connectivity index (χ0) is 14.2. The van der Waals surface area contributed by atoms with Crippen LogP contribution in [-0.2, 0) is 0 Å². The van der Waals surface area contributed by atoms with Crippen LogP contribution in [0.5, 0.6) is 0 Å². The molecule has 3 N–H and O–H groups in total. The zero-order valence-electron chi connectivity index (χ0n) is 11.9. The highest BCUT2D eigenvalue weighted by Gasteiger charge is 2.32. The Balaban J connectivity index is 1.64. The van der Waals surface area contributed by atoms with Crippen molar-refractivity contribution in [2.75, 3.05) is 30.3 Å². The summed E-state index contributed by atoms with van der Waals surface area (Å²) in [4.78, 5) is 19.4. The van der Waals surface area contributed by atoms with Crippen molar-refractivity contribution >= 4 is 28.2 Å². The van der Waals surface area contributed by atoms with Crippen LogP contribution in [0.3, 0.4) is 0 Å². The molecule has 1 aromatic heterocycles. The van der Waals surface area contributed by atoms with E-state index in [1.165, 1.54) is 43.4 Å². The van der Waals surface area contributed by atoms with Crippen LogP contribution in [0.25, 0.3) is 0 Å². The predicted molar refractivity (Wildman–Crippen MR) is 82.3 cm³/mol. The Morgan fingerprint density at radius 2 is 2.10 bits per heavy atom. The number of nitrogen functional groups attached to an aromatic ring is 1. The minimum absolute atomic E-state index is 0.0708. The molecular weight excluding hydrogens is 272 g/mol. The number of amides is 1. The van der Waals surface area contributed by atoms with Gasteiger partial charge in [-0.25, -0.2) is 4.98 Å². The van der Waals surface area contributed by atoms with E-state index < -0.39 is 0 Å². The van der Waals surface area contributed by atoms with Gasteiger partial charge in [-0.15, -0.1) is 0 Å². The van der Waals surface area contributed by atoms with E-state index in [2.05, 4.69) is 22.1 Å². The number of nitrogens with zero attached hydrogens (tertiary/aromatic N) is 2. The fourth-order valence-corrected chi connectivity index (χ4v) is 3.81. The van der Waals surface area contributed by atoms with Gasteiger partial charge in [0.15, 0.2) is 5.13 Å². The lowest BCUT2D eigenvalue weighted by Gasteiger charge is -2.38. The molecule has 0 bridgehead atoms. The van der Waals surface area contributed by atoms with Gasteiger partial charge in [0.2, 0.25) is 0 Å². The summed E-state index contributed by atoms with van der Waals surface area (Å²) in [5.41, 5.74) is 6.19. The van der Waals surface area contributed by atoms with Crippen molar-refractivity contribution in [2.24, 2.45) is 5.41 Å². The summed E-state index contributed by atoms with van der Waals surface area (Å²) in [7, 11) is 0. The molecule has 1 saturated heterocycles. The normalized spacial score (nSPS) is 20.8. The second-order valence-corrected chi connectivity index (χ2v) is 7.23. The van der Waals surface area contributed by atoms with E-state index in [1.54, 1.807) is 0 Å². The molecule has 1 aliphatic heterocycles. The number of nitrogens with one attached hydrogen (secondary N) is 1. The van der Waals surface area contributed by atoms with Gasteiger partial charge in [-0.1, -0.05) is 24.7 Å². The lowest BCUT2D eigenvalue weighted by Crippen LogP contribution is -2.39. The molecule has 1 saturated carbocycles. The summed E-state index contributed by atoms with van der Waals surface area (Å²) >= 11 is 1.42. The number of thiazole rings is 1. The second kappa shape index (κ2) is 5.24. The van der Waals surface area contributed by atoms with E-state index >= 15 is 0 Å². The first-order valence-electron chi connectivity index (χ1n) is 7.37. The van der Waals surface area contributed by atoms with Crippen LogP contribution in [0.2, 0.25) is 0 Å². The van der Waals surface area contributed by atoms with Gasteiger partial charge in [0.05, 0.1) is 0 Å². The average molecular weight is 294 g/mol. The molecule has 0 aromatic carbocycles. The third-order valence-electron chi connectivity index (χ3n) is 4.46. The van der Waals surface area contributed by atoms with E-state index in [4.69, 9.17) is 5.73 Å². The van der Waals surface area contributed by atoms with Gasteiger partial charge >= 0.3 is 0 Å². The van der Waals surface area contributed by atoms with E-state index in [0.29, 0.717) is 10.7 Å². The monoisotopic (exact) mass is 294 g/mol. The molecule has 3 rings (SSSR count). The maximum absolute atomic E-state index is 12.2. The fraction of sp³-hybridized carbons (Fsp3) is 0.714. The Morgan fingerprint density at radius 3 is 2.70 bits per heavy atom. The molecule has 5 nitrogen and oxygen atoms in total. The Bertz CT molecular complexity index is 503. The van der Waals surface area contributed by atoms with Crippen LogP contribution in [0.15, 0.2) is 0 Å². The standard InChI is InChI=1S/C14H22N4OS/c1-14(5-4-6-14)9-16-12(19)10-11(15)17-13(20-10)18-7-2-3-8-18/h2-9,15H2,1H3,(H,16,19). The molecule has 0 unspecified atom stereocenters. The van der Waals surface area contributed by atoms with E-state index in [-0.39, 0.29) is 11.3 Å². The van der Waals surface area contributed by atoms with Crippen molar-refractivity contribution in [3.8, 4) is 0 Å². The molecule has 1 aromatic rings. The molecule has 1 amide bonds. The quantitative estimate of drug-likeness (QED) is 0.893. The third kappa shape index (κ3) is 2.61. The Kier molecular flexibility index (Phi) is 3.58. The van der Waals surface area contributed by atoms with Crippen molar-refractivity contribution in [1.82, 2.24) is 10.3 Å². The summed E-state index contributed by atoms with van der Waals surface area (Å²) < 4.78 is 0. The lowest BCUT2D eigenvalue weighted by molar-refractivity contribution is 0.0895. The van der Waals surface area contributed by atoms with Gasteiger partial charge in [-0.3, -0.25) is 4.79 Å². The molecule has 2 fully saturated rings. The van der Waals surface area contributed by atoms with E-state index in [0.717, 1.165) is 24.8 Å². The van der Waals surface area contributed by atoms with Gasteiger partial charge in [-0.2, -0.15) is 0 Å². The lowest BCUT2D eigenvalue weighted by atomic mass is 9.70. The summed E-state index contributed by atoms with van der Waals surface area (Å²) in [5.74, 6) is 0.298. The first-order chi connectivity index (χ1) is 9.57. The Morgan fingerprint density at radius 1 is 1.40 bits per heavy atom. The topological polar surface area (TPSA) is 71.2 Å². The number of hydrogen-bond donors (Lipinski definition) is 2. The molecule has 1 aliphatic carbocycles. The van der Waals surface area contributed by atoms with Crippen LogP contribution in [0.4, 0.5) is 10.9 Å². The highest BCUT2D eigenvalue weighted by atomic mass is 32.1. The first kappa shape index (κ1) is 13.7. The van der Waals surface area contributed by atoms with Gasteiger partial charge in [0, 0.05) is 19.6 Å². The molecule has 6 heteroatoms. The summed E-state index contributed by atoms with van der Waals surface area (Å²) in [6.07, 6.45) is 6.06. The molecule has 110 valence electrons. The number of carbonyl (C=O) groups is 1. The summed E-state index contributed by atoms with van der Waals surface area (Å²) in [6, 6.07) is 0. The fourth-order valence-electron chi connectivity index (χ4n) is 2.86. The zero-order valence-corrected chi connectivity index (χ0v) is 12.8. The van der Waals surface area contributed by atoms with Crippen molar-refractivity contribution < 1.29 is 4.79 Å². The first-order valence-corrected chi connectivity index (χ1v) is 8.19. The van der Waals surface area contributed by atoms with Gasteiger partial charge in [0.25, 0.3) is 5.91 Å². The molecule has 0 radical (unpaired) electrons. The molecule has 20 heavy (non-hydrogen) atoms. The highest BCUT2D eigenvalue weighted by Crippen LogP contribution is 2.39. The van der Waals surface area contributed by atoms with E-state index in [1.807, 2.05) is 0 Å². The largest absolute Gasteiger partial charge is 0.382 e. The minimum Gasteiger partial charge on any atom is -0.382 e. The maximum Gasteiger partial charge on any atom is 0.265 e. The number of aromatic nitrogens is 1. The number of nitrogens with two attached hydrogens (primary N) is 1. The Hall–Kier alpha value is -1.30. The number of rotatable bonds is 4. The van der Waals surface area contributed by atoms with Gasteiger partial charge < -0.3 is 16.0 Å². The maximum atomic E-state index is 12.2. The number of carbonyl (C=O) groups excluding carboxylic acids is 1. The minimum atomic E-state index is -0.0708. The van der Waals surface area contributed by atoms with Gasteiger partial charge in [0.1, 0.15) is 10.7 Å². The van der Waals surface area contributed by atoms with Crippen LogP contribution in [0, 0.1) is 5.41 Å². The van der Waals surface area contributed by atoms with Crippen molar-refractivity contribution in [3.05, 3.63) is 4.88 Å². The third-order valence-corrected chi connectivity index (χ3v) is 5.59. The predicted octanol–water partition coefficient (Wildman–Crippen LogP) is 2.25.